The summed E-state index contributed by atoms with van der Waals surface area (Å²) in [6.45, 7) is 1.97. The van der Waals surface area contributed by atoms with Gasteiger partial charge in [-0.1, -0.05) is 6.92 Å². The lowest BCUT2D eigenvalue weighted by atomic mass is 10.6. The maximum Gasteiger partial charge on any atom is 0.246 e. The second kappa shape index (κ2) is 4.73. The summed E-state index contributed by atoms with van der Waals surface area (Å²) in [6, 6.07) is 0. The molecule has 0 aliphatic heterocycles. The van der Waals surface area contributed by atoms with Crippen LogP contribution < -0.4 is 0 Å². The Bertz CT molecular complexity index is 413. The van der Waals surface area contributed by atoms with Crippen LogP contribution in [0.3, 0.4) is 0 Å². The van der Waals surface area contributed by atoms with Crippen LogP contribution in [0.5, 0.6) is 0 Å². The third kappa shape index (κ3) is 2.55. The van der Waals surface area contributed by atoms with Crippen LogP contribution in [0, 0.1) is 0 Å². The van der Waals surface area contributed by atoms with Gasteiger partial charge in [0.05, 0.1) is 12.8 Å². The third-order valence-corrected chi connectivity index (χ3v) is 3.95. The van der Waals surface area contributed by atoms with Crippen molar-refractivity contribution in [2.45, 2.75) is 11.8 Å². The maximum atomic E-state index is 11.9. The van der Waals surface area contributed by atoms with E-state index in [0.29, 0.717) is 6.54 Å². The van der Waals surface area contributed by atoms with Crippen molar-refractivity contribution in [3.05, 3.63) is 12.4 Å². The number of aliphatic hydroxyl groups excluding tert-OH is 1. The van der Waals surface area contributed by atoms with Gasteiger partial charge in [0.25, 0.3) is 0 Å². The van der Waals surface area contributed by atoms with Gasteiger partial charge in [-0.15, -0.1) is 0 Å². The van der Waals surface area contributed by atoms with E-state index < -0.39 is 10.0 Å². The van der Waals surface area contributed by atoms with Crippen molar-refractivity contribution in [1.29, 1.82) is 0 Å². The summed E-state index contributed by atoms with van der Waals surface area (Å²) in [5, 5.41) is 12.6. The predicted molar refractivity (Wildman–Crippen MR) is 54.7 cm³/mol. The molecule has 0 bridgehead atoms. The monoisotopic (exact) mass is 233 g/mol. The van der Waals surface area contributed by atoms with Crippen LogP contribution in [-0.4, -0.2) is 47.3 Å². The lowest BCUT2D eigenvalue weighted by Crippen LogP contribution is -2.33. The zero-order valence-electron chi connectivity index (χ0n) is 8.79. The predicted octanol–water partition coefficient (Wildman–Crippen LogP) is -0.577. The maximum absolute atomic E-state index is 11.9. The Morgan fingerprint density at radius 3 is 2.67 bits per heavy atom. The van der Waals surface area contributed by atoms with Gasteiger partial charge in [0.2, 0.25) is 10.0 Å². The fourth-order valence-corrected chi connectivity index (χ4v) is 2.67. The molecule has 1 N–H and O–H groups in total. The average Bonchev–Trinajstić information content (AvgIpc) is 2.61. The van der Waals surface area contributed by atoms with E-state index >= 15 is 0 Å². The molecule has 0 aliphatic carbocycles. The summed E-state index contributed by atoms with van der Waals surface area (Å²) in [5.74, 6) is 0. The van der Waals surface area contributed by atoms with Crippen molar-refractivity contribution < 1.29 is 13.5 Å². The van der Waals surface area contributed by atoms with Crippen LogP contribution in [0.25, 0.3) is 0 Å². The Hall–Kier alpha value is -0.920. The molecular formula is C8H15N3O3S. The number of hydrogen-bond donors (Lipinski definition) is 1. The lowest BCUT2D eigenvalue weighted by Gasteiger charge is -2.17. The van der Waals surface area contributed by atoms with Crippen molar-refractivity contribution in [3.63, 3.8) is 0 Å². The summed E-state index contributed by atoms with van der Waals surface area (Å²) in [5.41, 5.74) is 0. The number of sulfonamides is 1. The quantitative estimate of drug-likeness (QED) is 0.738. The van der Waals surface area contributed by atoms with Crippen LogP contribution in [-0.2, 0) is 17.1 Å². The first kappa shape index (κ1) is 12.2. The van der Waals surface area contributed by atoms with Gasteiger partial charge in [-0.2, -0.15) is 9.40 Å². The van der Waals surface area contributed by atoms with Gasteiger partial charge >= 0.3 is 0 Å². The molecule has 1 aromatic rings. The lowest BCUT2D eigenvalue weighted by molar-refractivity contribution is 0.257. The molecule has 0 radical (unpaired) electrons. The van der Waals surface area contributed by atoms with Gasteiger partial charge in [0.15, 0.2) is 0 Å². The van der Waals surface area contributed by atoms with Gasteiger partial charge in [0.1, 0.15) is 4.90 Å². The fourth-order valence-electron chi connectivity index (χ4n) is 1.24. The zero-order chi connectivity index (χ0) is 11.5. The fraction of sp³-hybridized carbons (Fsp3) is 0.625. The average molecular weight is 233 g/mol. The van der Waals surface area contributed by atoms with Crippen LogP contribution in [0.2, 0.25) is 0 Å². The standard InChI is InChI=1S/C8H15N3O3S/c1-3-11(4-5-12)15(13,14)8-6-9-10(2)7-8/h6-7,12H,3-5H2,1-2H3. The Kier molecular flexibility index (Phi) is 3.83. The molecule has 1 aromatic heterocycles. The molecule has 86 valence electrons. The molecular weight excluding hydrogens is 218 g/mol. The number of aliphatic hydroxyl groups is 1. The molecule has 0 aromatic carbocycles. The topological polar surface area (TPSA) is 75.4 Å². The van der Waals surface area contributed by atoms with Crippen molar-refractivity contribution in [3.8, 4) is 0 Å². The van der Waals surface area contributed by atoms with Crippen LogP contribution in [0.1, 0.15) is 6.92 Å². The molecule has 1 rings (SSSR count). The molecule has 1 heterocycles. The van der Waals surface area contributed by atoms with Crippen molar-refractivity contribution in [1.82, 2.24) is 14.1 Å². The van der Waals surface area contributed by atoms with E-state index in [4.69, 9.17) is 5.11 Å². The molecule has 0 aliphatic rings. The number of rotatable bonds is 5. The molecule has 6 nitrogen and oxygen atoms in total. The first-order chi connectivity index (χ1) is 7.02. The minimum Gasteiger partial charge on any atom is -0.395 e. The van der Waals surface area contributed by atoms with Gasteiger partial charge in [-0.3, -0.25) is 4.68 Å². The third-order valence-electron chi connectivity index (χ3n) is 2.02. The molecule has 7 heteroatoms. The molecule has 0 fully saturated rings. The highest BCUT2D eigenvalue weighted by Gasteiger charge is 2.23. The van der Waals surface area contributed by atoms with Gasteiger partial charge in [0, 0.05) is 26.3 Å². The molecule has 0 unspecified atom stereocenters. The SMILES string of the molecule is CCN(CCO)S(=O)(=O)c1cnn(C)c1. The van der Waals surface area contributed by atoms with E-state index in [9.17, 15) is 8.42 Å². The number of nitrogens with zero attached hydrogens (tertiary/aromatic N) is 3. The highest BCUT2D eigenvalue weighted by molar-refractivity contribution is 7.89. The molecule has 0 saturated heterocycles. The first-order valence-corrected chi connectivity index (χ1v) is 6.06. The van der Waals surface area contributed by atoms with E-state index in [1.54, 1.807) is 14.0 Å². The van der Waals surface area contributed by atoms with E-state index in [1.807, 2.05) is 0 Å². The Morgan fingerprint density at radius 2 is 2.27 bits per heavy atom. The number of aryl methyl sites for hydroxylation is 1. The van der Waals surface area contributed by atoms with Crippen molar-refractivity contribution in [2.75, 3.05) is 19.7 Å². The largest absolute Gasteiger partial charge is 0.395 e. The Morgan fingerprint density at radius 1 is 1.60 bits per heavy atom. The van der Waals surface area contributed by atoms with Gasteiger partial charge in [-0.05, 0) is 0 Å². The highest BCUT2D eigenvalue weighted by Crippen LogP contribution is 2.13. The van der Waals surface area contributed by atoms with E-state index in [-0.39, 0.29) is 18.0 Å². The van der Waals surface area contributed by atoms with E-state index in [1.165, 1.54) is 21.4 Å². The summed E-state index contributed by atoms with van der Waals surface area (Å²) >= 11 is 0. The van der Waals surface area contributed by atoms with Crippen molar-refractivity contribution in [2.24, 2.45) is 7.05 Å². The second-order valence-electron chi connectivity index (χ2n) is 3.07. The molecule has 15 heavy (non-hydrogen) atoms. The summed E-state index contributed by atoms with van der Waals surface area (Å²) in [4.78, 5) is 0.153. The number of hydrogen-bond acceptors (Lipinski definition) is 4. The van der Waals surface area contributed by atoms with Crippen LogP contribution in [0.15, 0.2) is 17.3 Å². The normalized spacial score (nSPS) is 12.3. The minimum absolute atomic E-state index is 0.105. The zero-order valence-corrected chi connectivity index (χ0v) is 9.61. The summed E-state index contributed by atoms with van der Waals surface area (Å²) in [7, 11) is -1.85. The summed E-state index contributed by atoms with van der Waals surface area (Å²) in [6.07, 6.45) is 2.74. The molecule has 0 spiro atoms. The second-order valence-corrected chi connectivity index (χ2v) is 5.01. The smallest absolute Gasteiger partial charge is 0.246 e. The highest BCUT2D eigenvalue weighted by atomic mass is 32.2. The molecule has 0 saturated carbocycles. The van der Waals surface area contributed by atoms with E-state index in [0.717, 1.165) is 0 Å². The van der Waals surface area contributed by atoms with Gasteiger partial charge in [-0.25, -0.2) is 8.42 Å². The van der Waals surface area contributed by atoms with Crippen LogP contribution in [0.4, 0.5) is 0 Å². The summed E-state index contributed by atoms with van der Waals surface area (Å²) < 4.78 is 26.5. The minimum atomic E-state index is -3.50. The molecule has 0 atom stereocenters. The van der Waals surface area contributed by atoms with Crippen LogP contribution >= 0.6 is 0 Å². The first-order valence-electron chi connectivity index (χ1n) is 4.62. The number of likely N-dealkylation sites (N-methyl/N-ethyl adjacent to an activating group) is 1. The Labute approximate surface area is 89.2 Å². The van der Waals surface area contributed by atoms with E-state index in [2.05, 4.69) is 5.10 Å². The Balaban J connectivity index is 3.00. The molecule has 0 amide bonds. The van der Waals surface area contributed by atoms with Gasteiger partial charge < -0.3 is 5.11 Å². The number of aromatic nitrogens is 2. The van der Waals surface area contributed by atoms with Crippen molar-refractivity contribution >= 4 is 10.0 Å².